The van der Waals surface area contributed by atoms with Crippen LogP contribution in [-0.2, 0) is 0 Å². The van der Waals surface area contributed by atoms with Gasteiger partial charge in [-0.3, -0.25) is 4.74 Å². The third-order valence-electron chi connectivity index (χ3n) is 4.85. The molecular weight excluding hydrogens is 389 g/mol. The van der Waals surface area contributed by atoms with Gasteiger partial charge < -0.3 is 0 Å². The molecule has 3 heteroatoms. The maximum absolute atomic E-state index is 5.45. The van der Waals surface area contributed by atoms with Crippen LogP contribution in [0, 0.1) is 0 Å². The molecule has 0 radical (unpaired) electrons. The minimum Gasteiger partial charge on any atom is -0.289 e. The van der Waals surface area contributed by atoms with Gasteiger partial charge in [-0.2, -0.15) is 11.3 Å². The molecule has 0 saturated carbocycles. The summed E-state index contributed by atoms with van der Waals surface area (Å²) in [5.41, 5.74) is 1.27. The Morgan fingerprint density at radius 3 is 1.66 bits per heavy atom. The normalized spacial score (nSPS) is 11.6. The van der Waals surface area contributed by atoms with Gasteiger partial charge in [0.1, 0.15) is 0 Å². The second kappa shape index (κ2) is 9.69. The van der Waals surface area contributed by atoms with Crippen LogP contribution < -0.4 is 15.9 Å². The molecule has 0 bridgehead atoms. The largest absolute Gasteiger partial charge is 0.289 e. The highest BCUT2D eigenvalue weighted by Crippen LogP contribution is 2.46. The van der Waals surface area contributed by atoms with E-state index in [-0.39, 0.29) is 0 Å². The van der Waals surface area contributed by atoms with Crippen molar-refractivity contribution in [3.05, 3.63) is 119 Å². The number of nitrogens with zero attached hydrogens (tertiary/aromatic N) is 1. The Labute approximate surface area is 177 Å². The predicted octanol–water partition coefficient (Wildman–Crippen LogP) is 6.33. The standard InChI is InChI=1S/C26H24NPS/c1-4-13-24(14-5-1)28(25-15-6-2-7-16-25,26-17-8-3-9-18-26)27-20-11-10-12-23-19-21-29-22-23/h1-10,12-19,21-22H,11,20H2/b12-10-. The fourth-order valence-corrected chi connectivity index (χ4v) is 7.73. The molecule has 1 heterocycles. The molecule has 0 aliphatic rings. The van der Waals surface area contributed by atoms with Crippen molar-refractivity contribution in [3.63, 3.8) is 0 Å². The summed E-state index contributed by atoms with van der Waals surface area (Å²) in [7, 11) is -2.06. The van der Waals surface area contributed by atoms with Crippen molar-refractivity contribution in [1.82, 2.24) is 0 Å². The first-order valence-corrected chi connectivity index (χ1v) is 12.5. The van der Waals surface area contributed by atoms with E-state index in [4.69, 9.17) is 4.74 Å². The Kier molecular flexibility index (Phi) is 6.56. The van der Waals surface area contributed by atoms with Crippen molar-refractivity contribution in [1.29, 1.82) is 0 Å². The van der Waals surface area contributed by atoms with Gasteiger partial charge in [-0.1, -0.05) is 103 Å². The van der Waals surface area contributed by atoms with Crippen LogP contribution in [-0.4, -0.2) is 6.54 Å². The first kappa shape index (κ1) is 19.6. The first-order valence-electron chi connectivity index (χ1n) is 9.83. The van der Waals surface area contributed by atoms with Gasteiger partial charge in [-0.25, -0.2) is 0 Å². The number of benzene rings is 3. The maximum atomic E-state index is 5.45. The quantitative estimate of drug-likeness (QED) is 0.248. The molecular formula is C26H24NPS. The Hall–Kier alpha value is -2.67. The lowest BCUT2D eigenvalue weighted by Crippen LogP contribution is -2.25. The first-order chi connectivity index (χ1) is 14.4. The van der Waals surface area contributed by atoms with Gasteiger partial charge in [-0.15, -0.1) is 0 Å². The van der Waals surface area contributed by atoms with Crippen LogP contribution in [0.25, 0.3) is 6.08 Å². The van der Waals surface area contributed by atoms with Crippen LogP contribution in [0.4, 0.5) is 0 Å². The molecule has 0 saturated heterocycles. The van der Waals surface area contributed by atoms with Crippen LogP contribution in [0.5, 0.6) is 0 Å². The number of hydrogen-bond donors (Lipinski definition) is 0. The lowest BCUT2D eigenvalue weighted by Gasteiger charge is -2.27. The average molecular weight is 414 g/mol. The van der Waals surface area contributed by atoms with Gasteiger partial charge >= 0.3 is 0 Å². The van der Waals surface area contributed by atoms with E-state index >= 15 is 0 Å². The highest BCUT2D eigenvalue weighted by atomic mass is 32.1. The minimum absolute atomic E-state index is 0.799. The molecule has 0 spiro atoms. The van der Waals surface area contributed by atoms with Gasteiger partial charge in [0, 0.05) is 22.5 Å². The average Bonchev–Trinajstić information content (AvgIpc) is 3.32. The molecule has 4 aromatic rings. The Balaban J connectivity index is 1.79. The van der Waals surface area contributed by atoms with E-state index in [0.717, 1.165) is 13.0 Å². The van der Waals surface area contributed by atoms with Crippen LogP contribution in [0.15, 0.2) is 119 Å². The van der Waals surface area contributed by atoms with Crippen LogP contribution in [0.1, 0.15) is 12.0 Å². The van der Waals surface area contributed by atoms with Gasteiger partial charge in [0.2, 0.25) is 0 Å². The van der Waals surface area contributed by atoms with E-state index in [0.29, 0.717) is 0 Å². The van der Waals surface area contributed by atoms with E-state index < -0.39 is 7.05 Å². The van der Waals surface area contributed by atoms with E-state index in [1.54, 1.807) is 11.3 Å². The van der Waals surface area contributed by atoms with Crippen molar-refractivity contribution in [2.45, 2.75) is 6.42 Å². The summed E-state index contributed by atoms with van der Waals surface area (Å²) >= 11 is 1.73. The lowest BCUT2D eigenvalue weighted by atomic mass is 10.3. The number of rotatable bonds is 7. The van der Waals surface area contributed by atoms with E-state index in [1.807, 2.05) is 0 Å². The van der Waals surface area contributed by atoms with E-state index in [9.17, 15) is 0 Å². The highest BCUT2D eigenvalue weighted by molar-refractivity contribution is 7.87. The summed E-state index contributed by atoms with van der Waals surface area (Å²) in [5, 5.41) is 8.20. The zero-order valence-corrected chi connectivity index (χ0v) is 18.0. The second-order valence-electron chi connectivity index (χ2n) is 6.75. The highest BCUT2D eigenvalue weighted by Gasteiger charge is 2.26. The maximum Gasteiger partial charge on any atom is 0.0547 e. The van der Waals surface area contributed by atoms with Crippen molar-refractivity contribution in [2.75, 3.05) is 6.54 Å². The number of thiophene rings is 1. The van der Waals surface area contributed by atoms with Gasteiger partial charge in [0.05, 0.1) is 7.05 Å². The molecule has 0 N–H and O–H groups in total. The zero-order valence-electron chi connectivity index (χ0n) is 16.3. The summed E-state index contributed by atoms with van der Waals surface area (Å²) in [5.74, 6) is 0. The Bertz CT molecular complexity index is 982. The van der Waals surface area contributed by atoms with Crippen molar-refractivity contribution in [3.8, 4) is 0 Å². The smallest absolute Gasteiger partial charge is 0.0547 e. The summed E-state index contributed by atoms with van der Waals surface area (Å²) in [4.78, 5) is 0. The van der Waals surface area contributed by atoms with Crippen LogP contribution in [0.2, 0.25) is 0 Å². The van der Waals surface area contributed by atoms with Crippen LogP contribution >= 0.6 is 18.4 Å². The Morgan fingerprint density at radius 1 is 0.690 bits per heavy atom. The molecule has 0 aliphatic heterocycles. The molecule has 29 heavy (non-hydrogen) atoms. The number of hydrogen-bond acceptors (Lipinski definition) is 2. The molecule has 0 unspecified atom stereocenters. The molecule has 1 nitrogen and oxygen atoms in total. The van der Waals surface area contributed by atoms with Crippen molar-refractivity contribution in [2.24, 2.45) is 4.74 Å². The third-order valence-corrected chi connectivity index (χ3v) is 9.31. The summed E-state index contributed by atoms with van der Waals surface area (Å²) in [6, 6.07) is 34.6. The molecule has 0 aliphatic carbocycles. The zero-order chi connectivity index (χ0) is 19.8. The molecule has 4 rings (SSSR count). The Morgan fingerprint density at radius 2 is 1.21 bits per heavy atom. The molecule has 0 fully saturated rings. The summed E-state index contributed by atoms with van der Waals surface area (Å²) in [6.45, 7) is 0.799. The molecule has 0 atom stereocenters. The van der Waals surface area contributed by atoms with Crippen LogP contribution in [0.3, 0.4) is 0 Å². The SMILES string of the molecule is C(=C/c1ccsc1)/CCN=P(c1ccccc1)(c1ccccc1)c1ccccc1. The summed E-state index contributed by atoms with van der Waals surface area (Å²) < 4.78 is 5.45. The van der Waals surface area contributed by atoms with E-state index in [1.165, 1.54) is 21.5 Å². The van der Waals surface area contributed by atoms with Crippen molar-refractivity contribution >= 4 is 40.4 Å². The van der Waals surface area contributed by atoms with Gasteiger partial charge in [0.15, 0.2) is 0 Å². The molecule has 0 amide bonds. The molecule has 144 valence electrons. The fourth-order valence-electron chi connectivity index (χ4n) is 3.49. The fraction of sp³-hybridized carbons (Fsp3) is 0.0769. The third kappa shape index (κ3) is 4.50. The lowest BCUT2D eigenvalue weighted by molar-refractivity contribution is 1.02. The minimum atomic E-state index is -2.06. The monoisotopic (exact) mass is 413 g/mol. The van der Waals surface area contributed by atoms with Crippen molar-refractivity contribution < 1.29 is 0 Å². The molecule has 1 aromatic heterocycles. The second-order valence-corrected chi connectivity index (χ2v) is 10.6. The van der Waals surface area contributed by atoms with E-state index in [2.05, 4.69) is 120 Å². The summed E-state index contributed by atoms with van der Waals surface area (Å²) in [6.07, 6.45) is 5.37. The topological polar surface area (TPSA) is 12.4 Å². The predicted molar refractivity (Wildman–Crippen MR) is 130 cm³/mol. The van der Waals surface area contributed by atoms with Gasteiger partial charge in [-0.05, 0) is 28.8 Å². The molecule has 3 aromatic carbocycles. The van der Waals surface area contributed by atoms with Gasteiger partial charge in [0.25, 0.3) is 0 Å².